The highest BCUT2D eigenvalue weighted by Crippen LogP contribution is 2.27. The smallest absolute Gasteiger partial charge is 0.227 e. The molecule has 0 bridgehead atoms. The average Bonchev–Trinajstić information content (AvgIpc) is 3.39. The number of carbonyl (C=O) groups excluding carboxylic acids is 2. The summed E-state index contributed by atoms with van der Waals surface area (Å²) in [6, 6.07) is 13.7. The second kappa shape index (κ2) is 9.63. The van der Waals surface area contributed by atoms with Crippen molar-refractivity contribution in [3.8, 4) is 0 Å². The van der Waals surface area contributed by atoms with Crippen LogP contribution in [0.4, 0.5) is 0 Å². The highest BCUT2D eigenvalue weighted by molar-refractivity contribution is 5.84. The highest BCUT2D eigenvalue weighted by atomic mass is 16.2. The van der Waals surface area contributed by atoms with E-state index >= 15 is 0 Å². The monoisotopic (exact) mass is 432 g/mol. The normalized spacial score (nSPS) is 18.2. The van der Waals surface area contributed by atoms with Gasteiger partial charge in [0.05, 0.1) is 12.0 Å². The van der Waals surface area contributed by atoms with Crippen LogP contribution in [0.1, 0.15) is 75.4 Å². The predicted molar refractivity (Wildman–Crippen MR) is 124 cm³/mol. The Bertz CT molecular complexity index is 1090. The molecule has 0 unspecified atom stereocenters. The minimum Gasteiger partial charge on any atom is -0.346 e. The lowest BCUT2D eigenvalue weighted by molar-refractivity contribution is -0.123. The van der Waals surface area contributed by atoms with E-state index in [0.29, 0.717) is 11.7 Å². The molecule has 0 aliphatic heterocycles. The maximum absolute atomic E-state index is 13.2. The molecule has 2 heterocycles. The van der Waals surface area contributed by atoms with Gasteiger partial charge in [0.1, 0.15) is 5.78 Å². The number of benzene rings is 1. The molecule has 1 fully saturated rings. The van der Waals surface area contributed by atoms with E-state index in [1.54, 1.807) is 0 Å². The van der Waals surface area contributed by atoms with Gasteiger partial charge in [-0.3, -0.25) is 14.0 Å². The zero-order valence-electron chi connectivity index (χ0n) is 19.1. The number of hydrogen-bond donors (Lipinski definition) is 1. The third-order valence-corrected chi connectivity index (χ3v) is 6.46. The number of aromatic nitrogens is 3. The van der Waals surface area contributed by atoms with E-state index in [2.05, 4.69) is 41.5 Å². The fourth-order valence-corrected chi connectivity index (χ4v) is 4.58. The number of nitrogens with one attached hydrogen (secondary N) is 1. The summed E-state index contributed by atoms with van der Waals surface area (Å²) in [7, 11) is 0. The summed E-state index contributed by atoms with van der Waals surface area (Å²) in [5, 5.41) is 11.8. The van der Waals surface area contributed by atoms with Gasteiger partial charge in [-0.15, -0.1) is 10.2 Å². The van der Waals surface area contributed by atoms with Crippen LogP contribution < -0.4 is 5.32 Å². The molecule has 1 N–H and O–H groups in total. The number of pyridine rings is 1. The second-order valence-corrected chi connectivity index (χ2v) is 9.40. The summed E-state index contributed by atoms with van der Waals surface area (Å²) < 4.78 is 1.94. The molecule has 6 heteroatoms. The van der Waals surface area contributed by atoms with Gasteiger partial charge in [-0.25, -0.2) is 0 Å². The molecule has 3 aromatic rings. The molecular weight excluding hydrogens is 400 g/mol. The molecule has 0 saturated heterocycles. The van der Waals surface area contributed by atoms with Gasteiger partial charge in [0.2, 0.25) is 5.91 Å². The number of amides is 1. The van der Waals surface area contributed by atoms with Gasteiger partial charge in [0, 0.05) is 18.5 Å². The van der Waals surface area contributed by atoms with Crippen LogP contribution >= 0.6 is 0 Å². The van der Waals surface area contributed by atoms with E-state index in [9.17, 15) is 9.59 Å². The molecule has 4 rings (SSSR count). The third kappa shape index (κ3) is 4.90. The van der Waals surface area contributed by atoms with Crippen LogP contribution in [0.5, 0.6) is 0 Å². The topological polar surface area (TPSA) is 76.4 Å². The van der Waals surface area contributed by atoms with Crippen LogP contribution in [-0.4, -0.2) is 26.3 Å². The van der Waals surface area contributed by atoms with E-state index in [-0.39, 0.29) is 23.8 Å². The number of Topliss-reactive ketones (excluding diaryl/α,β-unsaturated/α-hetero) is 1. The van der Waals surface area contributed by atoms with E-state index in [1.165, 1.54) is 0 Å². The molecule has 1 aromatic carbocycles. The Morgan fingerprint density at radius 3 is 2.59 bits per heavy atom. The lowest BCUT2D eigenvalue weighted by atomic mass is 9.93. The molecule has 32 heavy (non-hydrogen) atoms. The van der Waals surface area contributed by atoms with Crippen LogP contribution in [0.3, 0.4) is 0 Å². The zero-order valence-corrected chi connectivity index (χ0v) is 19.1. The molecule has 168 valence electrons. The number of ketones is 1. The number of rotatable bonds is 8. The van der Waals surface area contributed by atoms with E-state index < -0.39 is 0 Å². The highest BCUT2D eigenvalue weighted by Gasteiger charge is 2.26. The Morgan fingerprint density at radius 1 is 1.12 bits per heavy atom. The molecule has 2 aromatic heterocycles. The molecule has 0 radical (unpaired) electrons. The van der Waals surface area contributed by atoms with Crippen molar-refractivity contribution < 1.29 is 9.59 Å². The minimum atomic E-state index is -0.286. The fraction of sp³-hybridized carbons (Fsp3) is 0.462. The van der Waals surface area contributed by atoms with Crippen molar-refractivity contribution in [2.24, 2.45) is 11.8 Å². The molecule has 1 aliphatic carbocycles. The van der Waals surface area contributed by atoms with Gasteiger partial charge in [0.25, 0.3) is 0 Å². The predicted octanol–water partition coefficient (Wildman–Crippen LogP) is 4.65. The maximum Gasteiger partial charge on any atom is 0.227 e. The average molecular weight is 433 g/mol. The van der Waals surface area contributed by atoms with E-state index in [1.807, 2.05) is 47.9 Å². The summed E-state index contributed by atoms with van der Waals surface area (Å²) in [4.78, 5) is 25.1. The maximum atomic E-state index is 13.2. The van der Waals surface area contributed by atoms with Crippen LogP contribution in [0.25, 0.3) is 5.65 Å². The number of carbonyl (C=O) groups is 2. The van der Waals surface area contributed by atoms with Crippen molar-refractivity contribution in [1.82, 2.24) is 19.9 Å². The molecule has 1 amide bonds. The third-order valence-electron chi connectivity index (χ3n) is 6.46. The van der Waals surface area contributed by atoms with Crippen LogP contribution in [-0.2, 0) is 16.0 Å². The van der Waals surface area contributed by atoms with Crippen LogP contribution in [0, 0.1) is 11.8 Å². The van der Waals surface area contributed by atoms with Crippen LogP contribution in [0.15, 0.2) is 48.7 Å². The van der Waals surface area contributed by atoms with Crippen molar-refractivity contribution in [3.63, 3.8) is 0 Å². The molecular formula is C26H32N4O2. The Hall–Kier alpha value is -3.02. The van der Waals surface area contributed by atoms with Gasteiger partial charge >= 0.3 is 0 Å². The summed E-state index contributed by atoms with van der Waals surface area (Å²) in [6.45, 7) is 6.21. The van der Waals surface area contributed by atoms with E-state index in [4.69, 9.17) is 0 Å². The first kappa shape index (κ1) is 22.2. The van der Waals surface area contributed by atoms with Gasteiger partial charge in [-0.2, -0.15) is 0 Å². The van der Waals surface area contributed by atoms with Crippen molar-refractivity contribution in [2.45, 2.75) is 64.8 Å². The quantitative estimate of drug-likeness (QED) is 0.562. The fourth-order valence-electron chi connectivity index (χ4n) is 4.58. The molecule has 1 saturated carbocycles. The van der Waals surface area contributed by atoms with Gasteiger partial charge in [-0.1, -0.05) is 44.2 Å². The first-order valence-corrected chi connectivity index (χ1v) is 11.6. The Labute approximate surface area is 189 Å². The summed E-state index contributed by atoms with van der Waals surface area (Å²) in [6.07, 6.45) is 6.24. The summed E-state index contributed by atoms with van der Waals surface area (Å²) >= 11 is 0. The van der Waals surface area contributed by atoms with E-state index in [0.717, 1.165) is 54.7 Å². The standard InChI is InChI=1S/C26H32N4O2/c1-17(2)15-22(25-29-28-24-9-4-5-14-30(24)25)27-26(32)18(3)20-12-10-19(11-13-20)16-21-7-6-8-23(21)31/h4-5,9-14,17-18,21-22H,6-8,15-16H2,1-3H3,(H,27,32)/t18-,21+,22-/m0/s1. The SMILES string of the molecule is CC(C)C[C@H](NC(=O)[C@@H](C)c1ccc(C[C@H]2CCCC2=O)cc1)c1nnc2ccccn12. The second-order valence-electron chi connectivity index (χ2n) is 9.40. The Balaban J connectivity index is 1.46. The zero-order chi connectivity index (χ0) is 22.7. The van der Waals surface area contributed by atoms with Crippen molar-refractivity contribution >= 4 is 17.3 Å². The largest absolute Gasteiger partial charge is 0.346 e. The first-order chi connectivity index (χ1) is 15.4. The van der Waals surface area contributed by atoms with Crippen molar-refractivity contribution in [2.75, 3.05) is 0 Å². The lowest BCUT2D eigenvalue weighted by Crippen LogP contribution is -2.33. The number of hydrogen-bond acceptors (Lipinski definition) is 4. The van der Waals surface area contributed by atoms with Crippen molar-refractivity contribution in [1.29, 1.82) is 0 Å². The number of nitrogens with zero attached hydrogens (tertiary/aromatic N) is 3. The molecule has 6 nitrogen and oxygen atoms in total. The first-order valence-electron chi connectivity index (χ1n) is 11.6. The summed E-state index contributed by atoms with van der Waals surface area (Å²) in [5.74, 6) is 1.39. The number of fused-ring (bicyclic) bond motifs is 1. The molecule has 0 spiro atoms. The summed E-state index contributed by atoms with van der Waals surface area (Å²) in [5.41, 5.74) is 2.91. The lowest BCUT2D eigenvalue weighted by Gasteiger charge is -2.22. The molecule has 1 aliphatic rings. The Morgan fingerprint density at radius 2 is 1.91 bits per heavy atom. The molecule has 3 atom stereocenters. The van der Waals surface area contributed by atoms with Gasteiger partial charge < -0.3 is 5.32 Å². The van der Waals surface area contributed by atoms with Gasteiger partial charge in [-0.05, 0) is 61.8 Å². The minimum absolute atomic E-state index is 0.0259. The van der Waals surface area contributed by atoms with Gasteiger partial charge in [0.15, 0.2) is 11.5 Å². The van der Waals surface area contributed by atoms with Crippen LogP contribution in [0.2, 0.25) is 0 Å². The van der Waals surface area contributed by atoms with Crippen molar-refractivity contribution in [3.05, 3.63) is 65.6 Å². The Kier molecular flexibility index (Phi) is 6.68.